The zero-order chi connectivity index (χ0) is 15.4. The van der Waals surface area contributed by atoms with Gasteiger partial charge in [0.05, 0.1) is 5.41 Å². The molecule has 1 amide bonds. The van der Waals surface area contributed by atoms with Crippen molar-refractivity contribution in [2.75, 3.05) is 12.3 Å². The summed E-state index contributed by atoms with van der Waals surface area (Å²) in [6, 6.07) is 6.86. The standard InChI is InChI=1S/C14H19F3N2O/c1-13(2,10-4-6-11(18)7-5-10)12(20)19-9-3-8-14(15,16)17/h4-7H,3,8-9,18H2,1-2H3,(H,19,20). The van der Waals surface area contributed by atoms with Gasteiger partial charge in [-0.3, -0.25) is 4.79 Å². The van der Waals surface area contributed by atoms with E-state index in [0.29, 0.717) is 5.69 Å². The summed E-state index contributed by atoms with van der Waals surface area (Å²) in [5, 5.41) is 2.54. The summed E-state index contributed by atoms with van der Waals surface area (Å²) < 4.78 is 36.0. The molecule has 0 bridgehead atoms. The first-order chi connectivity index (χ1) is 9.13. The minimum Gasteiger partial charge on any atom is -0.399 e. The van der Waals surface area contributed by atoms with Crippen molar-refractivity contribution < 1.29 is 18.0 Å². The third kappa shape index (κ3) is 4.75. The van der Waals surface area contributed by atoms with Crippen molar-refractivity contribution in [1.82, 2.24) is 5.32 Å². The lowest BCUT2D eigenvalue weighted by Gasteiger charge is -2.24. The van der Waals surface area contributed by atoms with E-state index in [2.05, 4.69) is 5.32 Å². The van der Waals surface area contributed by atoms with Crippen LogP contribution in [0.5, 0.6) is 0 Å². The topological polar surface area (TPSA) is 55.1 Å². The Morgan fingerprint density at radius 1 is 1.20 bits per heavy atom. The van der Waals surface area contributed by atoms with Crippen LogP contribution >= 0.6 is 0 Å². The Kier molecular flexibility index (Phi) is 5.03. The van der Waals surface area contributed by atoms with Crippen LogP contribution in [0, 0.1) is 0 Å². The molecule has 0 aromatic heterocycles. The van der Waals surface area contributed by atoms with Gasteiger partial charge in [-0.25, -0.2) is 0 Å². The number of amides is 1. The Balaban J connectivity index is 2.55. The van der Waals surface area contributed by atoms with Crippen LogP contribution in [-0.4, -0.2) is 18.6 Å². The Morgan fingerprint density at radius 2 is 1.75 bits per heavy atom. The van der Waals surface area contributed by atoms with Gasteiger partial charge in [0.25, 0.3) is 0 Å². The first-order valence-corrected chi connectivity index (χ1v) is 6.34. The highest BCUT2D eigenvalue weighted by molar-refractivity contribution is 5.87. The van der Waals surface area contributed by atoms with Gasteiger partial charge in [0, 0.05) is 18.7 Å². The lowest BCUT2D eigenvalue weighted by atomic mass is 9.83. The lowest BCUT2D eigenvalue weighted by molar-refractivity contribution is -0.136. The van der Waals surface area contributed by atoms with Crippen LogP contribution in [0.3, 0.4) is 0 Å². The number of alkyl halides is 3. The van der Waals surface area contributed by atoms with Crippen molar-refractivity contribution in [3.8, 4) is 0 Å². The molecule has 0 fully saturated rings. The summed E-state index contributed by atoms with van der Waals surface area (Å²) in [7, 11) is 0. The highest BCUT2D eigenvalue weighted by Crippen LogP contribution is 2.24. The Labute approximate surface area is 116 Å². The number of carbonyl (C=O) groups excluding carboxylic acids is 1. The van der Waals surface area contributed by atoms with E-state index in [9.17, 15) is 18.0 Å². The van der Waals surface area contributed by atoms with Crippen LogP contribution in [0.1, 0.15) is 32.3 Å². The molecule has 0 unspecified atom stereocenters. The quantitative estimate of drug-likeness (QED) is 0.646. The number of halogens is 3. The largest absolute Gasteiger partial charge is 0.399 e. The summed E-state index contributed by atoms with van der Waals surface area (Å²) in [5.41, 5.74) is 6.12. The number of anilines is 1. The molecule has 0 aliphatic rings. The van der Waals surface area contributed by atoms with E-state index in [1.54, 1.807) is 38.1 Å². The van der Waals surface area contributed by atoms with Crippen molar-refractivity contribution in [1.29, 1.82) is 0 Å². The van der Waals surface area contributed by atoms with E-state index in [1.807, 2.05) is 0 Å². The third-order valence-corrected chi connectivity index (χ3v) is 3.12. The molecule has 6 heteroatoms. The maximum atomic E-state index is 12.1. The number of carbonyl (C=O) groups is 1. The molecule has 0 atom stereocenters. The number of benzene rings is 1. The number of rotatable bonds is 5. The van der Waals surface area contributed by atoms with Gasteiger partial charge >= 0.3 is 6.18 Å². The SMILES string of the molecule is CC(C)(C(=O)NCCCC(F)(F)F)c1ccc(N)cc1. The molecular weight excluding hydrogens is 269 g/mol. The summed E-state index contributed by atoms with van der Waals surface area (Å²) in [5.74, 6) is -0.301. The smallest absolute Gasteiger partial charge is 0.389 e. The molecule has 0 heterocycles. The van der Waals surface area contributed by atoms with Crippen molar-refractivity contribution >= 4 is 11.6 Å². The van der Waals surface area contributed by atoms with Crippen LogP contribution < -0.4 is 11.1 Å². The molecule has 0 radical (unpaired) electrons. The summed E-state index contributed by atoms with van der Waals surface area (Å²) >= 11 is 0. The van der Waals surface area contributed by atoms with E-state index in [0.717, 1.165) is 5.56 Å². The van der Waals surface area contributed by atoms with E-state index in [4.69, 9.17) is 5.73 Å². The van der Waals surface area contributed by atoms with Gasteiger partial charge in [-0.15, -0.1) is 0 Å². The molecule has 0 spiro atoms. The second kappa shape index (κ2) is 6.15. The first-order valence-electron chi connectivity index (χ1n) is 6.34. The molecule has 0 aliphatic carbocycles. The van der Waals surface area contributed by atoms with Gasteiger partial charge in [-0.1, -0.05) is 12.1 Å². The van der Waals surface area contributed by atoms with Gasteiger partial charge in [-0.2, -0.15) is 13.2 Å². The Bertz CT molecular complexity index is 452. The Morgan fingerprint density at radius 3 is 2.25 bits per heavy atom. The van der Waals surface area contributed by atoms with E-state index in [-0.39, 0.29) is 18.9 Å². The summed E-state index contributed by atoms with van der Waals surface area (Å²) in [4.78, 5) is 12.1. The van der Waals surface area contributed by atoms with Gasteiger partial charge in [0.2, 0.25) is 5.91 Å². The fraction of sp³-hybridized carbons (Fsp3) is 0.500. The number of nitrogens with one attached hydrogen (secondary N) is 1. The normalized spacial score (nSPS) is 12.2. The fourth-order valence-corrected chi connectivity index (χ4v) is 1.74. The average molecular weight is 288 g/mol. The molecule has 0 saturated carbocycles. The van der Waals surface area contributed by atoms with Crippen LogP contribution in [0.15, 0.2) is 24.3 Å². The van der Waals surface area contributed by atoms with E-state index >= 15 is 0 Å². The molecule has 20 heavy (non-hydrogen) atoms. The van der Waals surface area contributed by atoms with Crippen molar-refractivity contribution in [2.45, 2.75) is 38.3 Å². The predicted octanol–water partition coefficient (Wildman–Crippen LogP) is 3.01. The lowest BCUT2D eigenvalue weighted by Crippen LogP contribution is -2.40. The summed E-state index contributed by atoms with van der Waals surface area (Å²) in [6.07, 6.45) is -5.19. The second-order valence-electron chi connectivity index (χ2n) is 5.22. The molecule has 1 aromatic carbocycles. The molecule has 1 aromatic rings. The minimum absolute atomic E-state index is 0.0107. The maximum absolute atomic E-state index is 12.1. The molecule has 1 rings (SSSR count). The maximum Gasteiger partial charge on any atom is 0.389 e. The van der Waals surface area contributed by atoms with Gasteiger partial charge in [0.1, 0.15) is 0 Å². The van der Waals surface area contributed by atoms with Gasteiger partial charge in [-0.05, 0) is 38.0 Å². The van der Waals surface area contributed by atoms with Crippen molar-refractivity contribution in [3.63, 3.8) is 0 Å². The van der Waals surface area contributed by atoms with Gasteiger partial charge in [0.15, 0.2) is 0 Å². The number of nitrogens with two attached hydrogens (primary N) is 1. The number of hydrogen-bond acceptors (Lipinski definition) is 2. The monoisotopic (exact) mass is 288 g/mol. The molecule has 112 valence electrons. The van der Waals surface area contributed by atoms with Gasteiger partial charge < -0.3 is 11.1 Å². The molecule has 3 nitrogen and oxygen atoms in total. The van der Waals surface area contributed by atoms with E-state index < -0.39 is 18.0 Å². The van der Waals surface area contributed by atoms with Crippen LogP contribution in [-0.2, 0) is 10.2 Å². The second-order valence-corrected chi connectivity index (χ2v) is 5.22. The zero-order valence-electron chi connectivity index (χ0n) is 11.6. The molecular formula is C14H19F3N2O. The number of nitrogen functional groups attached to an aromatic ring is 1. The zero-order valence-corrected chi connectivity index (χ0v) is 11.6. The fourth-order valence-electron chi connectivity index (χ4n) is 1.74. The summed E-state index contributed by atoms with van der Waals surface area (Å²) in [6.45, 7) is 3.45. The average Bonchev–Trinajstić information content (AvgIpc) is 2.33. The Hall–Kier alpha value is -1.72. The first kappa shape index (κ1) is 16.3. The van der Waals surface area contributed by atoms with Crippen LogP contribution in [0.2, 0.25) is 0 Å². The molecule has 3 N–H and O–H groups in total. The minimum atomic E-state index is -4.18. The highest BCUT2D eigenvalue weighted by atomic mass is 19.4. The molecule has 0 aliphatic heterocycles. The van der Waals surface area contributed by atoms with Crippen molar-refractivity contribution in [2.24, 2.45) is 0 Å². The molecule has 0 saturated heterocycles. The highest BCUT2D eigenvalue weighted by Gasteiger charge is 2.30. The van der Waals surface area contributed by atoms with Crippen LogP contribution in [0.25, 0.3) is 0 Å². The predicted molar refractivity (Wildman–Crippen MR) is 72.2 cm³/mol. The van der Waals surface area contributed by atoms with E-state index in [1.165, 1.54) is 0 Å². The third-order valence-electron chi connectivity index (χ3n) is 3.12. The van der Waals surface area contributed by atoms with Crippen LogP contribution in [0.4, 0.5) is 18.9 Å². The van der Waals surface area contributed by atoms with Crippen molar-refractivity contribution in [3.05, 3.63) is 29.8 Å². The number of hydrogen-bond donors (Lipinski definition) is 2.